The summed E-state index contributed by atoms with van der Waals surface area (Å²) in [7, 11) is -1.98. The maximum Gasteiger partial charge on any atom is 0.240 e. The predicted molar refractivity (Wildman–Crippen MR) is 66.2 cm³/mol. The van der Waals surface area contributed by atoms with E-state index in [1.54, 1.807) is 0 Å². The Labute approximate surface area is 108 Å². The molecule has 0 spiro atoms. The van der Waals surface area contributed by atoms with Crippen molar-refractivity contribution in [2.24, 2.45) is 0 Å². The van der Waals surface area contributed by atoms with Gasteiger partial charge in [0.15, 0.2) is 0 Å². The standard InChI is InChI=1S/C9H11BrClNO3S/c1-15-5-4-12-16(13,14)7-2-3-9(11)8(10)6-7/h2-3,6,12H,4-5H2,1H3. The van der Waals surface area contributed by atoms with E-state index < -0.39 is 10.0 Å². The molecule has 0 radical (unpaired) electrons. The highest BCUT2D eigenvalue weighted by molar-refractivity contribution is 9.10. The summed E-state index contributed by atoms with van der Waals surface area (Å²) in [5, 5.41) is 0.468. The Morgan fingerprint density at radius 3 is 2.75 bits per heavy atom. The lowest BCUT2D eigenvalue weighted by Gasteiger charge is -2.07. The van der Waals surface area contributed by atoms with Crippen LogP contribution in [-0.2, 0) is 14.8 Å². The van der Waals surface area contributed by atoms with Crippen molar-refractivity contribution in [2.45, 2.75) is 4.90 Å². The molecule has 0 atom stereocenters. The minimum absolute atomic E-state index is 0.167. The van der Waals surface area contributed by atoms with Crippen LogP contribution in [0.3, 0.4) is 0 Å². The first-order valence-electron chi connectivity index (χ1n) is 4.41. The summed E-state index contributed by atoms with van der Waals surface area (Å²) in [5.74, 6) is 0. The molecule has 0 aromatic heterocycles. The smallest absolute Gasteiger partial charge is 0.240 e. The summed E-state index contributed by atoms with van der Waals surface area (Å²) >= 11 is 8.95. The first-order valence-corrected chi connectivity index (χ1v) is 7.06. The molecule has 0 unspecified atom stereocenters. The van der Waals surface area contributed by atoms with Crippen molar-refractivity contribution in [1.82, 2.24) is 4.72 Å². The maximum atomic E-state index is 11.7. The van der Waals surface area contributed by atoms with Gasteiger partial charge < -0.3 is 4.74 Å². The molecule has 90 valence electrons. The van der Waals surface area contributed by atoms with Crippen LogP contribution in [0.25, 0.3) is 0 Å². The number of nitrogens with one attached hydrogen (secondary N) is 1. The Morgan fingerprint density at radius 2 is 2.19 bits per heavy atom. The fourth-order valence-corrected chi connectivity index (χ4v) is 2.69. The Morgan fingerprint density at radius 1 is 1.50 bits per heavy atom. The summed E-state index contributed by atoms with van der Waals surface area (Å²) in [6, 6.07) is 4.43. The molecule has 0 aliphatic rings. The third-order valence-corrected chi connectivity index (χ3v) is 4.47. The van der Waals surface area contributed by atoms with Crippen molar-refractivity contribution in [1.29, 1.82) is 0 Å². The van der Waals surface area contributed by atoms with Gasteiger partial charge in [0.2, 0.25) is 10.0 Å². The van der Waals surface area contributed by atoms with Crippen molar-refractivity contribution >= 4 is 37.6 Å². The highest BCUT2D eigenvalue weighted by Gasteiger charge is 2.14. The number of benzene rings is 1. The van der Waals surface area contributed by atoms with E-state index in [1.807, 2.05) is 0 Å². The lowest BCUT2D eigenvalue weighted by atomic mass is 10.4. The molecule has 1 N–H and O–H groups in total. The highest BCUT2D eigenvalue weighted by atomic mass is 79.9. The second-order valence-electron chi connectivity index (χ2n) is 2.97. The van der Waals surface area contributed by atoms with E-state index in [4.69, 9.17) is 16.3 Å². The van der Waals surface area contributed by atoms with Gasteiger partial charge in [-0.2, -0.15) is 0 Å². The van der Waals surface area contributed by atoms with E-state index in [0.717, 1.165) is 0 Å². The summed E-state index contributed by atoms with van der Waals surface area (Å²) < 4.78 is 31.2. The molecule has 0 saturated heterocycles. The number of hydrogen-bond acceptors (Lipinski definition) is 3. The van der Waals surface area contributed by atoms with Crippen LogP contribution in [0.15, 0.2) is 27.6 Å². The van der Waals surface area contributed by atoms with Crippen LogP contribution in [0.4, 0.5) is 0 Å². The fourth-order valence-electron chi connectivity index (χ4n) is 1.01. The maximum absolute atomic E-state index is 11.7. The first kappa shape index (κ1) is 13.9. The van der Waals surface area contributed by atoms with Gasteiger partial charge in [0, 0.05) is 18.1 Å². The SMILES string of the molecule is COCCNS(=O)(=O)c1ccc(Cl)c(Br)c1. The summed E-state index contributed by atoms with van der Waals surface area (Å²) in [6.07, 6.45) is 0. The largest absolute Gasteiger partial charge is 0.383 e. The van der Waals surface area contributed by atoms with Crippen molar-refractivity contribution in [3.63, 3.8) is 0 Å². The number of halogens is 2. The average molecular weight is 329 g/mol. The van der Waals surface area contributed by atoms with Crippen LogP contribution in [0, 0.1) is 0 Å². The monoisotopic (exact) mass is 327 g/mol. The van der Waals surface area contributed by atoms with Gasteiger partial charge in [-0.25, -0.2) is 13.1 Å². The van der Waals surface area contributed by atoms with Crippen LogP contribution >= 0.6 is 27.5 Å². The summed E-state index contributed by atoms with van der Waals surface area (Å²) in [5.41, 5.74) is 0. The van der Waals surface area contributed by atoms with Gasteiger partial charge in [-0.05, 0) is 34.1 Å². The summed E-state index contributed by atoms with van der Waals surface area (Å²) in [4.78, 5) is 0.167. The Balaban J connectivity index is 2.86. The molecule has 0 fully saturated rings. The molecule has 0 heterocycles. The van der Waals surface area contributed by atoms with E-state index >= 15 is 0 Å². The van der Waals surface area contributed by atoms with Gasteiger partial charge in [0.05, 0.1) is 16.5 Å². The number of rotatable bonds is 5. The minimum atomic E-state index is -3.49. The predicted octanol–water partition coefficient (Wildman–Crippen LogP) is 2.03. The molecule has 0 saturated carbocycles. The zero-order valence-electron chi connectivity index (χ0n) is 8.54. The van der Waals surface area contributed by atoms with Crippen LogP contribution < -0.4 is 4.72 Å². The molecular formula is C9H11BrClNO3S. The quantitative estimate of drug-likeness (QED) is 0.842. The number of methoxy groups -OCH3 is 1. The van der Waals surface area contributed by atoms with E-state index in [1.165, 1.54) is 25.3 Å². The molecule has 1 aromatic rings. The normalized spacial score (nSPS) is 11.7. The van der Waals surface area contributed by atoms with Crippen LogP contribution in [-0.4, -0.2) is 28.7 Å². The van der Waals surface area contributed by atoms with Crippen LogP contribution in [0.1, 0.15) is 0 Å². The summed E-state index contributed by atoms with van der Waals surface area (Å²) in [6.45, 7) is 0.563. The highest BCUT2D eigenvalue weighted by Crippen LogP contribution is 2.25. The van der Waals surface area contributed by atoms with Gasteiger partial charge >= 0.3 is 0 Å². The number of hydrogen-bond donors (Lipinski definition) is 1. The molecule has 4 nitrogen and oxygen atoms in total. The van der Waals surface area contributed by atoms with Crippen molar-refractivity contribution in [3.8, 4) is 0 Å². The number of sulfonamides is 1. The second-order valence-corrected chi connectivity index (χ2v) is 5.99. The van der Waals surface area contributed by atoms with Crippen molar-refractivity contribution in [3.05, 3.63) is 27.7 Å². The molecule has 0 aliphatic carbocycles. The minimum Gasteiger partial charge on any atom is -0.383 e. The van der Waals surface area contributed by atoms with Crippen LogP contribution in [0.2, 0.25) is 5.02 Å². The Kier molecular flexibility index (Phi) is 5.20. The zero-order valence-corrected chi connectivity index (χ0v) is 11.7. The Bertz CT molecular complexity index is 464. The zero-order chi connectivity index (χ0) is 12.2. The van der Waals surface area contributed by atoms with Gasteiger partial charge in [-0.1, -0.05) is 11.6 Å². The molecule has 0 bridgehead atoms. The number of ether oxygens (including phenoxy) is 1. The van der Waals surface area contributed by atoms with Gasteiger partial charge in [0.1, 0.15) is 0 Å². The second kappa shape index (κ2) is 5.97. The molecular weight excluding hydrogens is 318 g/mol. The first-order chi connectivity index (χ1) is 7.47. The van der Waals surface area contributed by atoms with Gasteiger partial charge in [0.25, 0.3) is 0 Å². The van der Waals surface area contributed by atoms with Gasteiger partial charge in [-0.3, -0.25) is 0 Å². The molecule has 7 heteroatoms. The molecule has 0 aliphatic heterocycles. The van der Waals surface area contributed by atoms with E-state index in [-0.39, 0.29) is 11.4 Å². The lowest BCUT2D eigenvalue weighted by molar-refractivity contribution is 0.204. The van der Waals surface area contributed by atoms with Gasteiger partial charge in [-0.15, -0.1) is 0 Å². The average Bonchev–Trinajstić information content (AvgIpc) is 2.22. The van der Waals surface area contributed by atoms with Crippen molar-refractivity contribution in [2.75, 3.05) is 20.3 Å². The fraction of sp³-hybridized carbons (Fsp3) is 0.333. The lowest BCUT2D eigenvalue weighted by Crippen LogP contribution is -2.27. The van der Waals surface area contributed by atoms with E-state index in [0.29, 0.717) is 16.1 Å². The Hall–Kier alpha value is -0.140. The molecule has 0 amide bonds. The van der Waals surface area contributed by atoms with E-state index in [2.05, 4.69) is 20.7 Å². The topological polar surface area (TPSA) is 55.4 Å². The molecule has 1 aromatic carbocycles. The third-order valence-electron chi connectivity index (χ3n) is 1.80. The molecule has 1 rings (SSSR count). The van der Waals surface area contributed by atoms with Crippen molar-refractivity contribution < 1.29 is 13.2 Å². The van der Waals surface area contributed by atoms with Crippen LogP contribution in [0.5, 0.6) is 0 Å². The third kappa shape index (κ3) is 3.71. The van der Waals surface area contributed by atoms with E-state index in [9.17, 15) is 8.42 Å². The molecule has 16 heavy (non-hydrogen) atoms.